The lowest BCUT2D eigenvalue weighted by Gasteiger charge is -2.50. The van der Waals surface area contributed by atoms with E-state index in [9.17, 15) is 47.9 Å². The molecule has 3 saturated heterocycles. The minimum atomic E-state index is -1.83. The second-order valence-electron chi connectivity index (χ2n) is 16.5. The molecule has 3 aliphatic heterocycles. The highest BCUT2D eigenvalue weighted by Gasteiger charge is 2.57. The molecule has 0 spiro atoms. The molecule has 394 valence electrons. The molecule has 4 rings (SSSR count). The molecule has 15 atom stereocenters. The Kier molecular flexibility index (Phi) is 21.6. The zero-order valence-corrected chi connectivity index (χ0v) is 40.8. The normalized spacial score (nSPS) is 30.2. The topological polar surface area (TPSA) is 327 Å². The molecule has 0 radical (unpaired) electrons. The lowest BCUT2D eigenvalue weighted by Crippen LogP contribution is -2.71. The van der Waals surface area contributed by atoms with Crippen LogP contribution in [0, 0.1) is 0 Å². The van der Waals surface area contributed by atoms with Gasteiger partial charge in [-0.3, -0.25) is 47.9 Å². The summed E-state index contributed by atoms with van der Waals surface area (Å²) in [4.78, 5) is 126. The van der Waals surface area contributed by atoms with Gasteiger partial charge in [-0.2, -0.15) is 0 Å². The summed E-state index contributed by atoms with van der Waals surface area (Å²) in [6.07, 6.45) is -19.0. The van der Waals surface area contributed by atoms with E-state index in [2.05, 4.69) is 16.0 Å². The van der Waals surface area contributed by atoms with Gasteiger partial charge >= 0.3 is 41.8 Å². The van der Waals surface area contributed by atoms with Crippen molar-refractivity contribution in [3.8, 4) is 0 Å². The Morgan fingerprint density at radius 3 is 1.13 bits per heavy atom. The molecule has 3 fully saturated rings. The summed E-state index contributed by atoms with van der Waals surface area (Å²) >= 11 is 0. The number of hydrogen-bond acceptors (Lipinski definition) is 23. The minimum absolute atomic E-state index is 0.140. The van der Waals surface area contributed by atoms with E-state index in [1.165, 1.54) is 0 Å². The molecule has 71 heavy (non-hydrogen) atoms. The van der Waals surface area contributed by atoms with Gasteiger partial charge in [0.1, 0.15) is 55.8 Å². The maximum atomic E-state index is 13.1. The van der Waals surface area contributed by atoms with Gasteiger partial charge in [-0.15, -0.1) is 0 Å². The van der Waals surface area contributed by atoms with Crippen molar-refractivity contribution in [2.24, 2.45) is 0 Å². The number of rotatable bonds is 20. The van der Waals surface area contributed by atoms with Crippen molar-refractivity contribution in [3.05, 3.63) is 35.9 Å². The molecular weight excluding hydrogens is 950 g/mol. The third-order valence-electron chi connectivity index (χ3n) is 10.4. The molecule has 26 heteroatoms. The first kappa shape index (κ1) is 57.3. The van der Waals surface area contributed by atoms with E-state index in [0.717, 1.165) is 69.2 Å². The Bertz CT molecular complexity index is 2070. The van der Waals surface area contributed by atoms with E-state index >= 15 is 0 Å². The molecule has 0 unspecified atom stereocenters. The Morgan fingerprint density at radius 1 is 0.408 bits per heavy atom. The number of nitrogens with one attached hydrogen (secondary N) is 3. The molecule has 3 N–H and O–H groups in total. The molecule has 26 nitrogen and oxygen atoms in total. The van der Waals surface area contributed by atoms with Crippen LogP contribution in [0.15, 0.2) is 30.3 Å². The Balaban J connectivity index is 1.92. The fourth-order valence-electron chi connectivity index (χ4n) is 8.00. The van der Waals surface area contributed by atoms with E-state index in [0.29, 0.717) is 5.56 Å². The number of amides is 3. The first-order chi connectivity index (χ1) is 33.4. The van der Waals surface area contributed by atoms with Crippen LogP contribution in [0.4, 0.5) is 0 Å². The van der Waals surface area contributed by atoms with Crippen molar-refractivity contribution in [2.45, 2.75) is 168 Å². The number of hydrogen-bond donors (Lipinski definition) is 3. The van der Waals surface area contributed by atoms with E-state index < -0.39 is 171 Å². The van der Waals surface area contributed by atoms with E-state index in [1.54, 1.807) is 30.3 Å². The molecule has 0 aliphatic carbocycles. The average molecular weight is 1010 g/mol. The van der Waals surface area contributed by atoms with Crippen LogP contribution in [0.25, 0.3) is 0 Å². The number of ether oxygens (including phenoxy) is 13. The van der Waals surface area contributed by atoms with Gasteiger partial charge < -0.3 is 77.5 Å². The molecule has 3 heterocycles. The SMILES string of the molecule is CC(=O)N[C@H]1[C@H](OC[C@H]2O[C@H](OCc3ccccc3)[C@H](NC(C)=O)[C@@H](OC(C)=O)[C@@H]2O[C@@H]2O[C@H](COC(C)=O)[C@@H](OC(C)=O)[C@H](OC(C)=O)[C@H]2NC(C)=O)O[C@H](COC(C)=O)[C@@H](OC(C)=O)[C@@H]1OC(C)=O. The second-order valence-corrected chi connectivity index (χ2v) is 16.5. The van der Waals surface area contributed by atoms with Crippen LogP contribution in [0.1, 0.15) is 74.8 Å². The molecular formula is C45H61N3O23. The number of carbonyl (C=O) groups is 10. The first-order valence-corrected chi connectivity index (χ1v) is 22.3. The number of carbonyl (C=O) groups excluding carboxylic acids is 10. The monoisotopic (exact) mass is 1010 g/mol. The number of esters is 7. The van der Waals surface area contributed by atoms with Gasteiger partial charge in [0, 0.05) is 69.2 Å². The number of benzene rings is 1. The smallest absolute Gasteiger partial charge is 0.303 e. The Labute approximate surface area is 407 Å². The van der Waals surface area contributed by atoms with Crippen LogP contribution in [0.2, 0.25) is 0 Å². The largest absolute Gasteiger partial charge is 0.463 e. The van der Waals surface area contributed by atoms with Crippen molar-refractivity contribution in [2.75, 3.05) is 19.8 Å². The van der Waals surface area contributed by atoms with E-state index in [4.69, 9.17) is 61.6 Å². The molecule has 1 aromatic rings. The van der Waals surface area contributed by atoms with Crippen LogP contribution >= 0.6 is 0 Å². The van der Waals surface area contributed by atoms with Gasteiger partial charge in [0.25, 0.3) is 0 Å². The van der Waals surface area contributed by atoms with Crippen molar-refractivity contribution >= 4 is 59.5 Å². The van der Waals surface area contributed by atoms with Crippen LogP contribution in [0.3, 0.4) is 0 Å². The first-order valence-electron chi connectivity index (χ1n) is 22.3. The highest BCUT2D eigenvalue weighted by atomic mass is 16.8. The van der Waals surface area contributed by atoms with Crippen molar-refractivity contribution < 1.29 is 110 Å². The van der Waals surface area contributed by atoms with E-state index in [-0.39, 0.29) is 6.61 Å². The van der Waals surface area contributed by atoms with Gasteiger partial charge in [-0.25, -0.2) is 0 Å². The summed E-state index contributed by atoms with van der Waals surface area (Å²) in [5, 5.41) is 7.85. The van der Waals surface area contributed by atoms with Crippen molar-refractivity contribution in [1.82, 2.24) is 16.0 Å². The fourth-order valence-corrected chi connectivity index (χ4v) is 8.00. The molecule has 3 amide bonds. The van der Waals surface area contributed by atoms with Crippen LogP contribution in [-0.2, 0) is 116 Å². The van der Waals surface area contributed by atoms with Crippen LogP contribution in [0.5, 0.6) is 0 Å². The highest BCUT2D eigenvalue weighted by Crippen LogP contribution is 2.35. The summed E-state index contributed by atoms with van der Waals surface area (Å²) in [5.41, 5.74) is 0.644. The molecule has 0 aromatic heterocycles. The standard InChI is InChI=1S/C45H61N3O23/c1-20(49)46-34-40(65-27(8)56)37(63-25(6)54)31(17-59-23(4)52)68-44(34)62-19-33-39(41(66-28(9)57)35(47-21(2)50)43(69-33)61-16-30-14-12-11-13-15-30)71-45-36(48-22(3)51)42(67-29(10)58)38(64-26(7)55)32(70-45)18-60-24(5)53/h11-15,31-45H,16-19H2,1-10H3,(H,46,49)(H,47,50)(H,48,51)/t31-,32-,33-,34-,35-,36-,37-,38-,39-,40-,41-,42-,43+,44-,45+/m1/s1. The fraction of sp³-hybridized carbons (Fsp3) is 0.644. The summed E-state index contributed by atoms with van der Waals surface area (Å²) < 4.78 is 76.9. The van der Waals surface area contributed by atoms with Gasteiger partial charge in [0.05, 0.1) is 13.2 Å². The Hall–Kier alpha value is -6.32. The predicted molar refractivity (Wildman–Crippen MR) is 232 cm³/mol. The summed E-state index contributed by atoms with van der Waals surface area (Å²) in [6, 6.07) is 4.26. The predicted octanol–water partition coefficient (Wildman–Crippen LogP) is -0.921. The van der Waals surface area contributed by atoms with Crippen molar-refractivity contribution in [3.63, 3.8) is 0 Å². The molecule has 3 aliphatic rings. The maximum Gasteiger partial charge on any atom is 0.303 e. The lowest BCUT2D eigenvalue weighted by atomic mass is 9.93. The quantitative estimate of drug-likeness (QED) is 0.105. The van der Waals surface area contributed by atoms with Gasteiger partial charge in [0.2, 0.25) is 17.7 Å². The summed E-state index contributed by atoms with van der Waals surface area (Å²) in [6.45, 7) is 8.77. The zero-order chi connectivity index (χ0) is 52.7. The third-order valence-corrected chi connectivity index (χ3v) is 10.4. The minimum Gasteiger partial charge on any atom is -0.463 e. The highest BCUT2D eigenvalue weighted by molar-refractivity contribution is 5.75. The zero-order valence-electron chi connectivity index (χ0n) is 40.8. The molecule has 0 bridgehead atoms. The third kappa shape index (κ3) is 17.5. The van der Waals surface area contributed by atoms with E-state index in [1.807, 2.05) is 0 Å². The van der Waals surface area contributed by atoms with Gasteiger partial charge in [-0.05, 0) is 5.56 Å². The Morgan fingerprint density at radius 2 is 0.746 bits per heavy atom. The molecule has 1 aromatic carbocycles. The van der Waals surface area contributed by atoms with Crippen LogP contribution < -0.4 is 16.0 Å². The van der Waals surface area contributed by atoms with Gasteiger partial charge in [0.15, 0.2) is 49.4 Å². The summed E-state index contributed by atoms with van der Waals surface area (Å²) in [7, 11) is 0. The van der Waals surface area contributed by atoms with Crippen LogP contribution in [-0.4, -0.2) is 171 Å². The molecule has 0 saturated carbocycles. The summed E-state index contributed by atoms with van der Waals surface area (Å²) in [5.74, 6) is -8.11. The average Bonchev–Trinajstić information content (AvgIpc) is 3.25. The van der Waals surface area contributed by atoms with Gasteiger partial charge in [-0.1, -0.05) is 30.3 Å². The van der Waals surface area contributed by atoms with Crippen molar-refractivity contribution in [1.29, 1.82) is 0 Å². The lowest BCUT2D eigenvalue weighted by molar-refractivity contribution is -0.343. The second kappa shape index (κ2) is 26.8. The maximum absolute atomic E-state index is 13.1.